The van der Waals surface area contributed by atoms with Gasteiger partial charge in [-0.25, -0.2) is 0 Å². The molecule has 0 aliphatic carbocycles. The first-order valence-electron chi connectivity index (χ1n) is 8.86. The molecule has 2 rings (SSSR count). The van der Waals surface area contributed by atoms with Crippen molar-refractivity contribution in [3.8, 4) is 0 Å². The van der Waals surface area contributed by atoms with E-state index in [1.807, 2.05) is 50.2 Å². The topological polar surface area (TPSA) is 56.7 Å². The molecule has 2 aromatic carbocycles. The Hall–Kier alpha value is -2.33. The molecule has 0 aliphatic rings. The Bertz CT molecular complexity index is 695. The summed E-state index contributed by atoms with van der Waals surface area (Å²) in [7, 11) is 0. The Morgan fingerprint density at radius 3 is 2.40 bits per heavy atom. The lowest BCUT2D eigenvalue weighted by molar-refractivity contribution is 0.187. The van der Waals surface area contributed by atoms with E-state index in [4.69, 9.17) is 0 Å². The number of aliphatic imine (C=N–C) groups is 1. The fraction of sp³-hybridized carbons (Fsp3) is 0.381. The molecule has 0 amide bonds. The summed E-state index contributed by atoms with van der Waals surface area (Å²) < 4.78 is 0. The molecule has 0 aromatic heterocycles. The predicted molar refractivity (Wildman–Crippen MR) is 105 cm³/mol. The van der Waals surface area contributed by atoms with Gasteiger partial charge in [-0.05, 0) is 44.4 Å². The number of guanidine groups is 1. The van der Waals surface area contributed by atoms with E-state index in [0.717, 1.165) is 12.1 Å². The van der Waals surface area contributed by atoms with Crippen LogP contribution in [-0.2, 0) is 0 Å². The molecule has 4 nitrogen and oxygen atoms in total. The van der Waals surface area contributed by atoms with Gasteiger partial charge in [-0.2, -0.15) is 0 Å². The molecule has 0 heterocycles. The van der Waals surface area contributed by atoms with Gasteiger partial charge in [0.1, 0.15) is 0 Å². The zero-order chi connectivity index (χ0) is 18.2. The van der Waals surface area contributed by atoms with Gasteiger partial charge >= 0.3 is 0 Å². The average molecular weight is 339 g/mol. The summed E-state index contributed by atoms with van der Waals surface area (Å²) in [4.78, 5) is 4.55. The van der Waals surface area contributed by atoms with Gasteiger partial charge in [0.05, 0.1) is 18.7 Å². The van der Waals surface area contributed by atoms with Crippen LogP contribution < -0.4 is 10.6 Å². The number of aryl methyl sites for hydroxylation is 2. The molecule has 0 bridgehead atoms. The Balaban J connectivity index is 2.04. The van der Waals surface area contributed by atoms with Crippen LogP contribution in [0.15, 0.2) is 53.5 Å². The lowest BCUT2D eigenvalue weighted by atomic mass is 10.0. The molecule has 0 fully saturated rings. The third kappa shape index (κ3) is 5.61. The number of hydrogen-bond donors (Lipinski definition) is 3. The van der Waals surface area contributed by atoms with Gasteiger partial charge in [-0.3, -0.25) is 4.99 Å². The maximum Gasteiger partial charge on any atom is 0.191 e. The first-order valence-corrected chi connectivity index (χ1v) is 8.86. The summed E-state index contributed by atoms with van der Waals surface area (Å²) in [5.74, 6) is 0.712. The number of rotatable bonds is 6. The molecule has 134 valence electrons. The second kappa shape index (κ2) is 9.23. The van der Waals surface area contributed by atoms with Gasteiger partial charge in [-0.1, -0.05) is 54.1 Å². The van der Waals surface area contributed by atoms with Crippen LogP contribution in [0.4, 0.5) is 0 Å². The van der Waals surface area contributed by atoms with Crippen molar-refractivity contribution in [1.82, 2.24) is 10.6 Å². The maximum atomic E-state index is 10.4. The molecule has 2 atom stereocenters. The minimum Gasteiger partial charge on any atom is -0.386 e. The van der Waals surface area contributed by atoms with E-state index in [9.17, 15) is 5.11 Å². The number of aliphatic hydroxyl groups is 1. The zero-order valence-corrected chi connectivity index (χ0v) is 15.6. The van der Waals surface area contributed by atoms with Gasteiger partial charge in [0, 0.05) is 6.54 Å². The van der Waals surface area contributed by atoms with Crippen molar-refractivity contribution in [3.63, 3.8) is 0 Å². The van der Waals surface area contributed by atoms with Crippen LogP contribution in [0.2, 0.25) is 0 Å². The maximum absolute atomic E-state index is 10.4. The Morgan fingerprint density at radius 1 is 1.08 bits per heavy atom. The summed E-state index contributed by atoms with van der Waals surface area (Å²) >= 11 is 0. The smallest absolute Gasteiger partial charge is 0.191 e. The van der Waals surface area contributed by atoms with Gasteiger partial charge < -0.3 is 15.7 Å². The number of nitrogens with one attached hydrogen (secondary N) is 2. The normalized spacial score (nSPS) is 14.0. The van der Waals surface area contributed by atoms with Crippen molar-refractivity contribution in [2.75, 3.05) is 13.1 Å². The van der Waals surface area contributed by atoms with E-state index in [0.29, 0.717) is 12.5 Å². The first kappa shape index (κ1) is 19.0. The highest BCUT2D eigenvalue weighted by atomic mass is 16.3. The monoisotopic (exact) mass is 339 g/mol. The number of hydrogen-bond acceptors (Lipinski definition) is 2. The molecule has 25 heavy (non-hydrogen) atoms. The molecule has 0 radical (unpaired) electrons. The molecule has 2 unspecified atom stereocenters. The van der Waals surface area contributed by atoms with Gasteiger partial charge in [0.25, 0.3) is 0 Å². The standard InChI is InChI=1S/C21H29N3O/c1-5-22-21(24-17(4)19-9-7-6-8-16(19)3)23-14-20(25)18-12-10-15(2)11-13-18/h6-13,17,20,25H,5,14H2,1-4H3,(H2,22,23,24). The highest BCUT2D eigenvalue weighted by molar-refractivity contribution is 5.80. The van der Waals surface area contributed by atoms with Gasteiger partial charge in [-0.15, -0.1) is 0 Å². The molecule has 4 heteroatoms. The van der Waals surface area contributed by atoms with Crippen LogP contribution in [0.3, 0.4) is 0 Å². The lowest BCUT2D eigenvalue weighted by Gasteiger charge is -2.20. The van der Waals surface area contributed by atoms with Crippen molar-refractivity contribution in [2.45, 2.75) is 39.8 Å². The summed E-state index contributed by atoms with van der Waals surface area (Å²) in [5.41, 5.74) is 4.56. The van der Waals surface area contributed by atoms with E-state index < -0.39 is 6.10 Å². The van der Waals surface area contributed by atoms with Crippen molar-refractivity contribution in [1.29, 1.82) is 0 Å². The molecular formula is C21H29N3O. The second-order valence-corrected chi connectivity index (χ2v) is 6.37. The molecule has 2 aromatic rings. The highest BCUT2D eigenvalue weighted by Crippen LogP contribution is 2.17. The van der Waals surface area contributed by atoms with E-state index in [-0.39, 0.29) is 6.04 Å². The van der Waals surface area contributed by atoms with Crippen molar-refractivity contribution < 1.29 is 5.11 Å². The second-order valence-electron chi connectivity index (χ2n) is 6.37. The summed E-state index contributed by atoms with van der Waals surface area (Å²) in [6.07, 6.45) is -0.607. The largest absolute Gasteiger partial charge is 0.386 e. The molecular weight excluding hydrogens is 310 g/mol. The SMILES string of the molecule is CCNC(=NCC(O)c1ccc(C)cc1)NC(C)c1ccccc1C. The third-order valence-electron chi connectivity index (χ3n) is 4.24. The van der Waals surface area contributed by atoms with Crippen LogP contribution >= 0.6 is 0 Å². The quantitative estimate of drug-likeness (QED) is 0.556. The Kier molecular flexibility index (Phi) is 7.02. The highest BCUT2D eigenvalue weighted by Gasteiger charge is 2.11. The number of nitrogens with zero attached hydrogens (tertiary/aromatic N) is 1. The number of aliphatic hydroxyl groups excluding tert-OH is 1. The van der Waals surface area contributed by atoms with E-state index >= 15 is 0 Å². The number of benzene rings is 2. The van der Waals surface area contributed by atoms with Crippen molar-refractivity contribution in [2.24, 2.45) is 4.99 Å². The van der Waals surface area contributed by atoms with Crippen molar-refractivity contribution in [3.05, 3.63) is 70.8 Å². The predicted octanol–water partition coefficient (Wildman–Crippen LogP) is 3.65. The minimum atomic E-state index is -0.607. The van der Waals surface area contributed by atoms with E-state index in [1.54, 1.807) is 0 Å². The van der Waals surface area contributed by atoms with Crippen LogP contribution in [0.1, 0.15) is 48.2 Å². The van der Waals surface area contributed by atoms with E-state index in [1.165, 1.54) is 16.7 Å². The Labute approximate surface area is 151 Å². The van der Waals surface area contributed by atoms with Gasteiger partial charge in [0.2, 0.25) is 0 Å². The summed E-state index contributed by atoms with van der Waals surface area (Å²) in [6, 6.07) is 16.4. The molecule has 0 spiro atoms. The third-order valence-corrected chi connectivity index (χ3v) is 4.24. The van der Waals surface area contributed by atoms with Crippen LogP contribution in [-0.4, -0.2) is 24.2 Å². The molecule has 0 saturated carbocycles. The van der Waals surface area contributed by atoms with Gasteiger partial charge in [0.15, 0.2) is 5.96 Å². The molecule has 0 saturated heterocycles. The zero-order valence-electron chi connectivity index (χ0n) is 15.6. The fourth-order valence-corrected chi connectivity index (χ4v) is 2.75. The van der Waals surface area contributed by atoms with Crippen LogP contribution in [0.5, 0.6) is 0 Å². The van der Waals surface area contributed by atoms with Crippen LogP contribution in [0.25, 0.3) is 0 Å². The summed E-state index contributed by atoms with van der Waals surface area (Å²) in [6.45, 7) is 9.39. The van der Waals surface area contributed by atoms with Crippen molar-refractivity contribution >= 4 is 5.96 Å². The molecule has 0 aliphatic heterocycles. The fourth-order valence-electron chi connectivity index (χ4n) is 2.75. The lowest BCUT2D eigenvalue weighted by Crippen LogP contribution is -2.39. The van der Waals surface area contributed by atoms with Crippen LogP contribution in [0, 0.1) is 13.8 Å². The Morgan fingerprint density at radius 2 is 1.76 bits per heavy atom. The first-order chi connectivity index (χ1) is 12.0. The summed E-state index contributed by atoms with van der Waals surface area (Å²) in [5, 5.41) is 17.0. The van der Waals surface area contributed by atoms with E-state index in [2.05, 4.69) is 41.6 Å². The minimum absolute atomic E-state index is 0.135. The average Bonchev–Trinajstić information content (AvgIpc) is 2.60. The molecule has 3 N–H and O–H groups in total.